The van der Waals surface area contributed by atoms with Crippen LogP contribution in [0.2, 0.25) is 0 Å². The van der Waals surface area contributed by atoms with Gasteiger partial charge in [0.25, 0.3) is 0 Å². The second-order valence-electron chi connectivity index (χ2n) is 6.40. The third-order valence-corrected chi connectivity index (χ3v) is 5.04. The van der Waals surface area contributed by atoms with Crippen LogP contribution in [0.4, 0.5) is 0 Å². The zero-order chi connectivity index (χ0) is 14.9. The van der Waals surface area contributed by atoms with Crippen LogP contribution in [0.1, 0.15) is 64.0 Å². The molecule has 1 aromatic heterocycles. The van der Waals surface area contributed by atoms with Crippen LogP contribution in [0, 0.1) is 5.92 Å². The smallest absolute Gasteiger partial charge is 0.0419 e. The number of halogens is 1. The van der Waals surface area contributed by atoms with Crippen LogP contribution in [0.3, 0.4) is 0 Å². The van der Waals surface area contributed by atoms with Gasteiger partial charge in [-0.3, -0.25) is 4.98 Å². The van der Waals surface area contributed by atoms with Gasteiger partial charge < -0.3 is 5.32 Å². The van der Waals surface area contributed by atoms with E-state index in [0.29, 0.717) is 6.04 Å². The van der Waals surface area contributed by atoms with Crippen molar-refractivity contribution < 1.29 is 0 Å². The number of hydrogen-bond acceptors (Lipinski definition) is 2. The van der Waals surface area contributed by atoms with Crippen LogP contribution >= 0.6 is 15.9 Å². The zero-order valence-corrected chi connectivity index (χ0v) is 14.9. The summed E-state index contributed by atoms with van der Waals surface area (Å²) >= 11 is 3.46. The van der Waals surface area contributed by atoms with E-state index in [1.807, 2.05) is 6.20 Å². The second-order valence-corrected chi connectivity index (χ2v) is 7.32. The van der Waals surface area contributed by atoms with Gasteiger partial charge in [0.05, 0.1) is 0 Å². The molecule has 0 radical (unpaired) electrons. The molecule has 1 aliphatic rings. The molecule has 1 N–H and O–H groups in total. The van der Waals surface area contributed by atoms with E-state index >= 15 is 0 Å². The third kappa shape index (κ3) is 6.48. The quantitative estimate of drug-likeness (QED) is 0.702. The molecule has 1 atom stereocenters. The molecule has 1 unspecified atom stereocenters. The Balaban J connectivity index is 1.82. The van der Waals surface area contributed by atoms with Gasteiger partial charge in [-0.2, -0.15) is 0 Å². The number of pyridine rings is 1. The van der Waals surface area contributed by atoms with Gasteiger partial charge in [0.1, 0.15) is 0 Å². The van der Waals surface area contributed by atoms with Gasteiger partial charge in [0.2, 0.25) is 0 Å². The topological polar surface area (TPSA) is 24.9 Å². The van der Waals surface area contributed by atoms with E-state index in [1.165, 1.54) is 57.1 Å². The minimum absolute atomic E-state index is 0.584. The molecule has 1 aromatic rings. The molecular formula is C18H29BrN2. The molecule has 0 bridgehead atoms. The Bertz CT molecular complexity index is 385. The van der Waals surface area contributed by atoms with Crippen LogP contribution in [-0.4, -0.2) is 17.6 Å². The molecular weight excluding hydrogens is 324 g/mol. The highest BCUT2D eigenvalue weighted by molar-refractivity contribution is 9.10. The average Bonchev–Trinajstić information content (AvgIpc) is 2.53. The first kappa shape index (κ1) is 17.0. The monoisotopic (exact) mass is 352 g/mol. The first-order valence-electron chi connectivity index (χ1n) is 8.61. The zero-order valence-electron chi connectivity index (χ0n) is 13.3. The molecule has 1 saturated carbocycles. The number of nitrogens with zero attached hydrogens (tertiary/aromatic N) is 1. The summed E-state index contributed by atoms with van der Waals surface area (Å²) in [5.74, 6) is 0.975. The van der Waals surface area contributed by atoms with Crippen molar-refractivity contribution >= 4 is 15.9 Å². The van der Waals surface area contributed by atoms with Crippen molar-refractivity contribution in [3.05, 3.63) is 28.5 Å². The molecule has 0 spiro atoms. The van der Waals surface area contributed by atoms with Gasteiger partial charge in [-0.25, -0.2) is 0 Å². The first-order valence-corrected chi connectivity index (χ1v) is 9.41. The Labute approximate surface area is 138 Å². The van der Waals surface area contributed by atoms with E-state index < -0.39 is 0 Å². The number of nitrogens with one attached hydrogen (secondary N) is 1. The van der Waals surface area contributed by atoms with Gasteiger partial charge in [-0.1, -0.05) is 39.0 Å². The Hall–Kier alpha value is -0.410. The highest BCUT2D eigenvalue weighted by Gasteiger charge is 2.16. The molecule has 0 amide bonds. The highest BCUT2D eigenvalue weighted by Crippen LogP contribution is 2.28. The fourth-order valence-corrected chi connectivity index (χ4v) is 3.55. The summed E-state index contributed by atoms with van der Waals surface area (Å²) in [6.45, 7) is 3.36. The van der Waals surface area contributed by atoms with Crippen LogP contribution < -0.4 is 5.32 Å². The first-order chi connectivity index (χ1) is 10.3. The average molecular weight is 353 g/mol. The van der Waals surface area contributed by atoms with Crippen LogP contribution in [0.15, 0.2) is 22.8 Å². The summed E-state index contributed by atoms with van der Waals surface area (Å²) in [6, 6.07) is 4.83. The van der Waals surface area contributed by atoms with Crippen molar-refractivity contribution in [3.63, 3.8) is 0 Å². The van der Waals surface area contributed by atoms with E-state index in [1.54, 1.807) is 0 Å². The van der Waals surface area contributed by atoms with Gasteiger partial charge in [-0.15, -0.1) is 0 Å². The van der Waals surface area contributed by atoms with Crippen molar-refractivity contribution in [2.45, 2.75) is 70.8 Å². The molecule has 118 valence electrons. The lowest BCUT2D eigenvalue weighted by atomic mass is 9.85. The van der Waals surface area contributed by atoms with E-state index in [2.05, 4.69) is 45.3 Å². The fourth-order valence-electron chi connectivity index (χ4n) is 3.32. The SMILES string of the molecule is CCCNC(CCC1CCCCC1)Cc1ccc(Br)cn1. The van der Waals surface area contributed by atoms with Crippen LogP contribution in [0.25, 0.3) is 0 Å². The van der Waals surface area contributed by atoms with Gasteiger partial charge >= 0.3 is 0 Å². The maximum absolute atomic E-state index is 4.53. The normalized spacial score (nSPS) is 17.8. The lowest BCUT2D eigenvalue weighted by Gasteiger charge is -2.25. The van der Waals surface area contributed by atoms with Crippen LogP contribution in [0.5, 0.6) is 0 Å². The van der Waals surface area contributed by atoms with Crippen molar-refractivity contribution in [1.82, 2.24) is 10.3 Å². The summed E-state index contributed by atoms with van der Waals surface area (Å²) < 4.78 is 1.06. The van der Waals surface area contributed by atoms with Gasteiger partial charge in [-0.05, 0) is 59.8 Å². The summed E-state index contributed by atoms with van der Waals surface area (Å²) in [6.07, 6.45) is 14.1. The van der Waals surface area contributed by atoms with Gasteiger partial charge in [0, 0.05) is 28.8 Å². The molecule has 2 nitrogen and oxygen atoms in total. The summed E-state index contributed by atoms with van der Waals surface area (Å²) in [4.78, 5) is 4.53. The van der Waals surface area contributed by atoms with Crippen LogP contribution in [-0.2, 0) is 6.42 Å². The molecule has 1 heterocycles. The van der Waals surface area contributed by atoms with Gasteiger partial charge in [0.15, 0.2) is 0 Å². The highest BCUT2D eigenvalue weighted by atomic mass is 79.9. The molecule has 1 aliphatic carbocycles. The van der Waals surface area contributed by atoms with E-state index in [-0.39, 0.29) is 0 Å². The van der Waals surface area contributed by atoms with E-state index in [9.17, 15) is 0 Å². The molecule has 2 rings (SSSR count). The minimum atomic E-state index is 0.584. The van der Waals surface area contributed by atoms with Crippen molar-refractivity contribution in [1.29, 1.82) is 0 Å². The Morgan fingerprint density at radius 2 is 2.10 bits per heavy atom. The molecule has 3 heteroatoms. The Morgan fingerprint density at radius 3 is 2.76 bits per heavy atom. The molecule has 21 heavy (non-hydrogen) atoms. The minimum Gasteiger partial charge on any atom is -0.314 e. The van der Waals surface area contributed by atoms with Crippen molar-refractivity contribution in [2.75, 3.05) is 6.54 Å². The van der Waals surface area contributed by atoms with E-state index in [4.69, 9.17) is 0 Å². The Morgan fingerprint density at radius 1 is 1.29 bits per heavy atom. The number of aromatic nitrogens is 1. The summed E-state index contributed by atoms with van der Waals surface area (Å²) in [5, 5.41) is 3.72. The molecule has 0 aliphatic heterocycles. The number of rotatable bonds is 8. The number of hydrogen-bond donors (Lipinski definition) is 1. The standard InChI is InChI=1S/C18H29BrN2/c1-2-12-20-17(10-8-15-6-4-3-5-7-15)13-18-11-9-16(19)14-21-18/h9,11,14-15,17,20H,2-8,10,12-13H2,1H3. The maximum Gasteiger partial charge on any atom is 0.0419 e. The van der Waals surface area contributed by atoms with E-state index in [0.717, 1.165) is 23.4 Å². The third-order valence-electron chi connectivity index (χ3n) is 4.58. The lowest BCUT2D eigenvalue weighted by Crippen LogP contribution is -2.32. The van der Waals surface area contributed by atoms with Crippen molar-refractivity contribution in [2.24, 2.45) is 5.92 Å². The Kier molecular flexibility index (Phi) is 7.73. The molecule has 0 saturated heterocycles. The maximum atomic E-state index is 4.53. The predicted octanol–water partition coefficient (Wildman–Crippen LogP) is 5.12. The van der Waals surface area contributed by atoms with Crippen molar-refractivity contribution in [3.8, 4) is 0 Å². The molecule has 1 fully saturated rings. The molecule has 0 aromatic carbocycles. The predicted molar refractivity (Wildman–Crippen MR) is 93.5 cm³/mol. The summed E-state index contributed by atoms with van der Waals surface area (Å²) in [7, 11) is 0. The second kappa shape index (κ2) is 9.58. The fraction of sp³-hybridized carbons (Fsp3) is 0.722. The largest absolute Gasteiger partial charge is 0.314 e. The lowest BCUT2D eigenvalue weighted by molar-refractivity contribution is 0.312. The summed E-state index contributed by atoms with van der Waals surface area (Å²) in [5.41, 5.74) is 1.20.